The Morgan fingerprint density at radius 1 is 1.36 bits per heavy atom. The normalized spacial score (nSPS) is 10.5. The number of hydrogen-bond acceptors (Lipinski definition) is 2. The van der Waals surface area contributed by atoms with Crippen LogP contribution in [-0.4, -0.2) is 14.8 Å². The Labute approximate surface area is 90.9 Å². The van der Waals surface area contributed by atoms with Gasteiger partial charge in [-0.1, -0.05) is 6.07 Å². The largest absolute Gasteiger partial charge is 0.265 e. The third kappa shape index (κ3) is 1.70. The number of halogens is 1. The molecule has 0 radical (unpaired) electrons. The fourth-order valence-electron chi connectivity index (χ4n) is 1.29. The summed E-state index contributed by atoms with van der Waals surface area (Å²) >= 11 is 3.33. The highest BCUT2D eigenvalue weighted by atomic mass is 79.9. The highest BCUT2D eigenvalue weighted by Crippen LogP contribution is 2.20. The number of nitrogens with zero attached hydrogens (tertiary/aromatic N) is 3. The van der Waals surface area contributed by atoms with E-state index in [4.69, 9.17) is 0 Å². The summed E-state index contributed by atoms with van der Waals surface area (Å²) in [6.07, 6.45) is 1.86. The van der Waals surface area contributed by atoms with Crippen molar-refractivity contribution in [2.24, 2.45) is 7.05 Å². The molecule has 0 aliphatic rings. The van der Waals surface area contributed by atoms with Crippen LogP contribution in [0.5, 0.6) is 0 Å². The summed E-state index contributed by atoms with van der Waals surface area (Å²) in [5, 5.41) is 4.20. The maximum absolute atomic E-state index is 4.34. The molecule has 2 heterocycles. The Morgan fingerprint density at radius 2 is 2.14 bits per heavy atom. The number of aryl methyl sites for hydroxylation is 2. The van der Waals surface area contributed by atoms with E-state index in [9.17, 15) is 0 Å². The molecular weight excluding hydrogens is 242 g/mol. The first-order valence-electron chi connectivity index (χ1n) is 4.29. The molecule has 0 spiro atoms. The van der Waals surface area contributed by atoms with Gasteiger partial charge in [-0.3, -0.25) is 9.67 Å². The molecule has 14 heavy (non-hydrogen) atoms. The highest BCUT2D eigenvalue weighted by molar-refractivity contribution is 9.10. The minimum atomic E-state index is 0.831. The Morgan fingerprint density at radius 3 is 2.64 bits per heavy atom. The van der Waals surface area contributed by atoms with Gasteiger partial charge in [0.1, 0.15) is 4.60 Å². The molecule has 0 saturated carbocycles. The van der Waals surface area contributed by atoms with Crippen LogP contribution in [0.3, 0.4) is 0 Å². The third-order valence-corrected chi connectivity index (χ3v) is 2.41. The molecule has 0 fully saturated rings. The number of hydrogen-bond donors (Lipinski definition) is 0. The van der Waals surface area contributed by atoms with Crippen molar-refractivity contribution in [1.29, 1.82) is 0 Å². The second-order valence-corrected chi connectivity index (χ2v) is 4.01. The zero-order valence-electron chi connectivity index (χ0n) is 8.03. The van der Waals surface area contributed by atoms with Crippen LogP contribution in [0.15, 0.2) is 29.0 Å². The molecule has 2 aromatic heterocycles. The lowest BCUT2D eigenvalue weighted by Crippen LogP contribution is -1.95. The first kappa shape index (κ1) is 9.40. The van der Waals surface area contributed by atoms with Crippen molar-refractivity contribution in [2.75, 3.05) is 0 Å². The summed E-state index contributed by atoms with van der Waals surface area (Å²) in [5.74, 6) is 0. The van der Waals surface area contributed by atoms with Gasteiger partial charge >= 0.3 is 0 Å². The van der Waals surface area contributed by atoms with E-state index >= 15 is 0 Å². The van der Waals surface area contributed by atoms with E-state index in [0.717, 1.165) is 21.6 Å². The van der Waals surface area contributed by atoms with Crippen molar-refractivity contribution < 1.29 is 0 Å². The van der Waals surface area contributed by atoms with E-state index in [1.54, 1.807) is 0 Å². The molecular formula is C10H10BrN3. The van der Waals surface area contributed by atoms with Crippen LogP contribution in [0, 0.1) is 6.92 Å². The first-order valence-corrected chi connectivity index (χ1v) is 5.08. The summed E-state index contributed by atoms with van der Waals surface area (Å²) in [5.41, 5.74) is 3.11. The average molecular weight is 252 g/mol. The molecule has 0 aliphatic heterocycles. The van der Waals surface area contributed by atoms with Gasteiger partial charge in [-0.2, -0.15) is 5.10 Å². The number of aromatic nitrogens is 3. The van der Waals surface area contributed by atoms with Crippen LogP contribution in [-0.2, 0) is 7.05 Å². The lowest BCUT2D eigenvalue weighted by molar-refractivity contribution is 0.766. The maximum Gasteiger partial charge on any atom is 0.128 e. The van der Waals surface area contributed by atoms with Crippen LogP contribution in [0.1, 0.15) is 5.56 Å². The van der Waals surface area contributed by atoms with Gasteiger partial charge < -0.3 is 0 Å². The van der Waals surface area contributed by atoms with Gasteiger partial charge in [0.25, 0.3) is 0 Å². The first-order chi connectivity index (χ1) is 6.66. The van der Waals surface area contributed by atoms with Crippen molar-refractivity contribution >= 4 is 15.9 Å². The summed E-state index contributed by atoms with van der Waals surface area (Å²) in [4.78, 5) is 4.34. The molecule has 0 saturated heterocycles. The summed E-state index contributed by atoms with van der Waals surface area (Å²) in [6, 6.07) is 6.00. The SMILES string of the molecule is Cc1ccc(-c2cc(Br)nn2C)nc1. The Kier molecular flexibility index (Phi) is 2.37. The monoisotopic (exact) mass is 251 g/mol. The molecule has 4 heteroatoms. The van der Waals surface area contributed by atoms with Gasteiger partial charge in [0.05, 0.1) is 11.4 Å². The Balaban J connectivity index is 2.49. The number of rotatable bonds is 1. The standard InChI is InChI=1S/C10H10BrN3/c1-7-3-4-8(12-6-7)9-5-10(11)13-14(9)2/h3-6H,1-2H3. The minimum Gasteiger partial charge on any atom is -0.265 e. The smallest absolute Gasteiger partial charge is 0.128 e. The molecule has 0 amide bonds. The second-order valence-electron chi connectivity index (χ2n) is 3.20. The topological polar surface area (TPSA) is 30.7 Å². The van der Waals surface area contributed by atoms with Crippen LogP contribution >= 0.6 is 15.9 Å². The van der Waals surface area contributed by atoms with E-state index < -0.39 is 0 Å². The van der Waals surface area contributed by atoms with Crippen molar-refractivity contribution in [3.63, 3.8) is 0 Å². The quantitative estimate of drug-likeness (QED) is 0.780. The molecule has 0 unspecified atom stereocenters. The molecule has 0 aliphatic carbocycles. The molecule has 0 N–H and O–H groups in total. The van der Waals surface area contributed by atoms with Gasteiger partial charge in [0.15, 0.2) is 0 Å². The molecule has 2 rings (SSSR count). The fourth-order valence-corrected chi connectivity index (χ4v) is 1.75. The van der Waals surface area contributed by atoms with Gasteiger partial charge in [-0.05, 0) is 34.5 Å². The molecule has 2 aromatic rings. The number of pyridine rings is 1. The van der Waals surface area contributed by atoms with Crippen LogP contribution < -0.4 is 0 Å². The van der Waals surface area contributed by atoms with Crippen molar-refractivity contribution in [3.05, 3.63) is 34.6 Å². The van der Waals surface area contributed by atoms with Crippen molar-refractivity contribution in [2.45, 2.75) is 6.92 Å². The zero-order chi connectivity index (χ0) is 10.1. The molecule has 72 valence electrons. The van der Waals surface area contributed by atoms with Gasteiger partial charge in [0.2, 0.25) is 0 Å². The molecule has 3 nitrogen and oxygen atoms in total. The minimum absolute atomic E-state index is 0.831. The molecule has 0 aromatic carbocycles. The van der Waals surface area contributed by atoms with Crippen LogP contribution in [0.25, 0.3) is 11.4 Å². The van der Waals surface area contributed by atoms with Gasteiger partial charge in [-0.15, -0.1) is 0 Å². The second kappa shape index (κ2) is 3.53. The fraction of sp³-hybridized carbons (Fsp3) is 0.200. The Bertz CT molecular complexity index is 445. The third-order valence-electron chi connectivity index (χ3n) is 2.02. The van der Waals surface area contributed by atoms with Gasteiger partial charge in [-0.25, -0.2) is 0 Å². The average Bonchev–Trinajstić information content (AvgIpc) is 2.47. The highest BCUT2D eigenvalue weighted by Gasteiger charge is 2.05. The van der Waals surface area contributed by atoms with E-state index in [1.165, 1.54) is 0 Å². The zero-order valence-corrected chi connectivity index (χ0v) is 9.62. The predicted molar refractivity (Wildman–Crippen MR) is 58.9 cm³/mol. The maximum atomic E-state index is 4.34. The van der Waals surface area contributed by atoms with E-state index in [-0.39, 0.29) is 0 Å². The summed E-state index contributed by atoms with van der Waals surface area (Å²) in [6.45, 7) is 2.02. The lowest BCUT2D eigenvalue weighted by atomic mass is 10.2. The lowest BCUT2D eigenvalue weighted by Gasteiger charge is -2.00. The van der Waals surface area contributed by atoms with E-state index in [0.29, 0.717) is 0 Å². The van der Waals surface area contributed by atoms with Crippen molar-refractivity contribution in [3.8, 4) is 11.4 Å². The predicted octanol–water partition coefficient (Wildman–Crippen LogP) is 2.55. The molecule has 0 bridgehead atoms. The van der Waals surface area contributed by atoms with E-state index in [1.807, 2.05) is 43.0 Å². The van der Waals surface area contributed by atoms with Gasteiger partial charge in [0, 0.05) is 19.3 Å². The molecule has 0 atom stereocenters. The van der Waals surface area contributed by atoms with Crippen LogP contribution in [0.4, 0.5) is 0 Å². The summed E-state index contributed by atoms with van der Waals surface area (Å²) in [7, 11) is 1.90. The van der Waals surface area contributed by atoms with Crippen molar-refractivity contribution in [1.82, 2.24) is 14.8 Å². The van der Waals surface area contributed by atoms with E-state index in [2.05, 4.69) is 26.0 Å². The van der Waals surface area contributed by atoms with Crippen LogP contribution in [0.2, 0.25) is 0 Å². The summed E-state index contributed by atoms with van der Waals surface area (Å²) < 4.78 is 2.64. The Hall–Kier alpha value is -1.16.